The van der Waals surface area contributed by atoms with Gasteiger partial charge < -0.3 is 37.9 Å². The number of fused-ring (bicyclic) bond motifs is 5. The summed E-state index contributed by atoms with van der Waals surface area (Å²) in [4.78, 5) is 53.8. The van der Waals surface area contributed by atoms with Crippen molar-refractivity contribution in [2.24, 2.45) is 58.2 Å². The van der Waals surface area contributed by atoms with Gasteiger partial charge in [-0.3, -0.25) is 0 Å². The van der Waals surface area contributed by atoms with Crippen molar-refractivity contribution in [1.29, 1.82) is 0 Å². The Morgan fingerprint density at radius 2 is 1.06 bits per heavy atom. The van der Waals surface area contributed by atoms with Crippen molar-refractivity contribution in [3.8, 4) is 23.0 Å². The van der Waals surface area contributed by atoms with Crippen molar-refractivity contribution < 1.29 is 57.1 Å². The van der Waals surface area contributed by atoms with Crippen LogP contribution in [-0.4, -0.2) is 80.8 Å². The van der Waals surface area contributed by atoms with E-state index in [9.17, 15) is 19.2 Å². The molecule has 0 amide bonds. The van der Waals surface area contributed by atoms with E-state index in [0.717, 1.165) is 65.0 Å². The minimum absolute atomic E-state index is 0.213. The van der Waals surface area contributed by atoms with Crippen molar-refractivity contribution in [2.45, 2.75) is 137 Å². The zero-order valence-electron chi connectivity index (χ0n) is 50.7. The lowest BCUT2D eigenvalue weighted by molar-refractivity contribution is -0.121. The topological polar surface area (TPSA) is 142 Å². The van der Waals surface area contributed by atoms with Gasteiger partial charge in [-0.2, -0.15) is 0 Å². The van der Waals surface area contributed by atoms with Gasteiger partial charge in [0.1, 0.15) is 45.3 Å². The van der Waals surface area contributed by atoms with E-state index in [1.807, 2.05) is 24.3 Å². The zero-order chi connectivity index (χ0) is 58.3. The van der Waals surface area contributed by atoms with E-state index >= 15 is 0 Å². The highest BCUT2D eigenvalue weighted by molar-refractivity contribution is 5.98. The third-order valence-corrected chi connectivity index (χ3v) is 20.2. The Bertz CT molecular complexity index is 2810. The van der Waals surface area contributed by atoms with Crippen molar-refractivity contribution >= 4 is 29.5 Å². The van der Waals surface area contributed by atoms with Crippen LogP contribution in [0.4, 0.5) is 0 Å². The number of allylic oxidation sites excluding steroid dienone is 1. The maximum absolute atomic E-state index is 13.9. The fourth-order valence-corrected chi connectivity index (χ4v) is 16.2. The number of carbonyl (C=O) groups excluding carboxylic acids is 4. The van der Waals surface area contributed by atoms with E-state index in [4.69, 9.17) is 37.9 Å². The monoisotopic (exact) mass is 1110 g/mol. The maximum atomic E-state index is 13.9. The normalized spacial score (nSPS) is 24.1. The molecule has 0 aromatic heterocycles. The summed E-state index contributed by atoms with van der Waals surface area (Å²) in [6.45, 7) is 12.7. The summed E-state index contributed by atoms with van der Waals surface area (Å²) in [5.41, 5.74) is 6.75. The second kappa shape index (κ2) is 26.3. The highest BCUT2D eigenvalue weighted by Gasteiger charge is 2.60. The van der Waals surface area contributed by atoms with Crippen molar-refractivity contribution in [3.63, 3.8) is 0 Å². The quantitative estimate of drug-likeness (QED) is 0.0546. The molecule has 9 atom stereocenters. The van der Waals surface area contributed by atoms with Crippen LogP contribution in [0.5, 0.6) is 23.0 Å². The Morgan fingerprint density at radius 1 is 0.556 bits per heavy atom. The second-order valence-corrected chi connectivity index (χ2v) is 24.8. The zero-order valence-corrected chi connectivity index (χ0v) is 50.7. The fraction of sp³-hybridized carbons (Fsp3) is 0.565. The largest absolute Gasteiger partial charge is 0.496 e. The molecule has 81 heavy (non-hydrogen) atoms. The Kier molecular flexibility index (Phi) is 19.7. The van der Waals surface area contributed by atoms with E-state index in [1.165, 1.54) is 134 Å². The standard InChI is InChI=1S/C69H90O12/c1-41(2)16-14-17-42(3)57-24-25-58-52-23-22-50-34-43(28-30-68(50,4)59(52)29-31-69(57,58)5)18-15-19-51(46-37-48(62(76-8)55(39-46)66(72)80-12)32-44-20-26-60(74-6)53(35-44)64(70)78-10)47-38-49(63(77-9)56(40-47)67(73)81-13)33-45-21-27-61(75-7)54(36-45)65(71)79-11/h19-21,26-27,35-43,50,52,57-59H,14-18,22-25,28-34H2,1-13H3/t42-,43+,50+,52+,57-,58+,59+,68+,69-/m1/s1. The summed E-state index contributed by atoms with van der Waals surface area (Å²) in [6.07, 6.45) is 20.5. The van der Waals surface area contributed by atoms with Crippen LogP contribution in [0.1, 0.15) is 199 Å². The first kappa shape index (κ1) is 60.8. The van der Waals surface area contributed by atoms with Gasteiger partial charge in [0.15, 0.2) is 0 Å². The van der Waals surface area contributed by atoms with Gasteiger partial charge in [0.25, 0.3) is 0 Å². The highest BCUT2D eigenvalue weighted by Crippen LogP contribution is 2.69. The molecule has 4 aromatic carbocycles. The van der Waals surface area contributed by atoms with Gasteiger partial charge in [-0.05, 0) is 216 Å². The molecule has 0 unspecified atom stereocenters. The van der Waals surface area contributed by atoms with E-state index in [2.05, 4.69) is 40.7 Å². The van der Waals surface area contributed by atoms with Crippen LogP contribution < -0.4 is 18.9 Å². The van der Waals surface area contributed by atoms with E-state index < -0.39 is 23.9 Å². The van der Waals surface area contributed by atoms with E-state index in [-0.39, 0.29) is 35.1 Å². The van der Waals surface area contributed by atoms with Crippen LogP contribution in [0.15, 0.2) is 66.7 Å². The number of methoxy groups -OCH3 is 8. The molecular weight excluding hydrogens is 1020 g/mol. The molecule has 0 saturated heterocycles. The van der Waals surface area contributed by atoms with Crippen LogP contribution in [0.3, 0.4) is 0 Å². The molecule has 0 aliphatic heterocycles. The maximum Gasteiger partial charge on any atom is 0.341 e. The molecule has 12 heteroatoms. The van der Waals surface area contributed by atoms with Gasteiger partial charge in [-0.15, -0.1) is 0 Å². The lowest BCUT2D eigenvalue weighted by atomic mass is 9.44. The molecule has 4 aromatic rings. The van der Waals surface area contributed by atoms with Crippen LogP contribution in [0, 0.1) is 58.2 Å². The van der Waals surface area contributed by atoms with Crippen molar-refractivity contribution in [3.05, 3.63) is 122 Å². The molecule has 4 aliphatic rings. The molecule has 4 fully saturated rings. The van der Waals surface area contributed by atoms with Crippen LogP contribution in [0.2, 0.25) is 0 Å². The number of hydrogen-bond acceptors (Lipinski definition) is 12. The molecule has 438 valence electrons. The second-order valence-electron chi connectivity index (χ2n) is 24.8. The number of ether oxygens (including phenoxy) is 8. The Balaban J connectivity index is 1.16. The van der Waals surface area contributed by atoms with Crippen molar-refractivity contribution in [1.82, 2.24) is 0 Å². The summed E-state index contributed by atoms with van der Waals surface area (Å²) < 4.78 is 44.2. The minimum Gasteiger partial charge on any atom is -0.496 e. The van der Waals surface area contributed by atoms with Crippen LogP contribution >= 0.6 is 0 Å². The lowest BCUT2D eigenvalue weighted by Crippen LogP contribution is -2.53. The molecule has 0 bridgehead atoms. The van der Waals surface area contributed by atoms with Gasteiger partial charge in [0.2, 0.25) is 0 Å². The third-order valence-electron chi connectivity index (χ3n) is 20.2. The molecule has 12 nitrogen and oxygen atoms in total. The molecule has 4 saturated carbocycles. The van der Waals surface area contributed by atoms with Crippen molar-refractivity contribution in [2.75, 3.05) is 56.9 Å². The summed E-state index contributed by atoms with van der Waals surface area (Å²) in [5.74, 6) is 5.29. The molecule has 0 N–H and O–H groups in total. The number of esters is 4. The molecule has 4 aliphatic carbocycles. The number of carbonyl (C=O) groups is 4. The Morgan fingerprint density at radius 3 is 1.56 bits per heavy atom. The minimum atomic E-state index is -0.590. The molecule has 8 rings (SSSR count). The van der Waals surface area contributed by atoms with E-state index in [1.54, 1.807) is 36.4 Å². The predicted octanol–water partition coefficient (Wildman–Crippen LogP) is 15.0. The first-order chi connectivity index (χ1) is 38.9. The SMILES string of the molecule is COC(=O)c1cc(Cc2cc(C(=CCC[C@H]3CC[C@@]4(C)[C@@H](CC[C@@H]5[C@@H]4CC[C@]4(C)[C@@H]([C@H](C)CCCC(C)C)CC[C@@H]54)C3)c3cc(Cc4ccc(OC)c(C(=O)OC)c4)c(OC)c(C(=O)OC)c3)cc(C(=O)OC)c2OC)ccc1OC. The predicted molar refractivity (Wildman–Crippen MR) is 316 cm³/mol. The average molecular weight is 1110 g/mol. The fourth-order valence-electron chi connectivity index (χ4n) is 16.2. The van der Waals surface area contributed by atoms with E-state index in [0.29, 0.717) is 67.9 Å². The van der Waals surface area contributed by atoms with Gasteiger partial charge in [-0.1, -0.05) is 72.1 Å². The van der Waals surface area contributed by atoms with Crippen LogP contribution in [-0.2, 0) is 31.8 Å². The van der Waals surface area contributed by atoms with Crippen LogP contribution in [0.25, 0.3) is 5.57 Å². The van der Waals surface area contributed by atoms with Gasteiger partial charge in [0, 0.05) is 12.8 Å². The molecular formula is C69H90O12. The number of rotatable bonds is 22. The van der Waals surface area contributed by atoms with Gasteiger partial charge >= 0.3 is 23.9 Å². The Hall–Kier alpha value is -6.30. The summed E-state index contributed by atoms with van der Waals surface area (Å²) in [6, 6.07) is 18.2. The highest BCUT2D eigenvalue weighted by atomic mass is 16.5. The number of benzene rings is 4. The average Bonchev–Trinajstić information content (AvgIpc) is 3.95. The smallest absolute Gasteiger partial charge is 0.341 e. The Labute approximate surface area is 482 Å². The first-order valence-electron chi connectivity index (χ1n) is 29.7. The first-order valence-corrected chi connectivity index (χ1v) is 29.7. The molecule has 0 heterocycles. The molecule has 0 spiro atoms. The summed E-state index contributed by atoms with van der Waals surface area (Å²) in [5, 5.41) is 0. The molecule has 0 radical (unpaired) electrons. The summed E-state index contributed by atoms with van der Waals surface area (Å²) >= 11 is 0. The number of hydrogen-bond donors (Lipinski definition) is 0. The van der Waals surface area contributed by atoms with Gasteiger partial charge in [-0.25, -0.2) is 19.2 Å². The third kappa shape index (κ3) is 12.6. The lowest BCUT2D eigenvalue weighted by Gasteiger charge is -2.61. The van der Waals surface area contributed by atoms with Gasteiger partial charge in [0.05, 0.1) is 56.9 Å². The summed E-state index contributed by atoms with van der Waals surface area (Å²) in [7, 11) is 11.4.